The SMILES string of the molecule is Cc1ccc(CC(=O)c2ccc(Cl)cc2)c(Cl)c1. The highest BCUT2D eigenvalue weighted by Gasteiger charge is 2.09. The average Bonchev–Trinajstić information content (AvgIpc) is 2.33. The third-order valence-corrected chi connectivity index (χ3v) is 3.33. The molecule has 18 heavy (non-hydrogen) atoms. The van der Waals surface area contributed by atoms with E-state index in [0.29, 0.717) is 22.0 Å². The Kier molecular flexibility index (Phi) is 4.05. The van der Waals surface area contributed by atoms with Crippen LogP contribution < -0.4 is 0 Å². The highest BCUT2D eigenvalue weighted by Crippen LogP contribution is 2.20. The Morgan fingerprint density at radius 3 is 2.33 bits per heavy atom. The monoisotopic (exact) mass is 278 g/mol. The first-order valence-electron chi connectivity index (χ1n) is 5.60. The predicted octanol–water partition coefficient (Wildman–Crippen LogP) is 4.73. The van der Waals surface area contributed by atoms with Crippen molar-refractivity contribution in [2.75, 3.05) is 0 Å². The molecule has 0 saturated heterocycles. The Balaban J connectivity index is 2.18. The molecule has 0 radical (unpaired) electrons. The summed E-state index contributed by atoms with van der Waals surface area (Å²) in [5.74, 6) is 0.0393. The molecule has 0 fully saturated rings. The first-order chi connectivity index (χ1) is 8.56. The van der Waals surface area contributed by atoms with Crippen molar-refractivity contribution in [1.82, 2.24) is 0 Å². The molecule has 2 rings (SSSR count). The minimum Gasteiger partial charge on any atom is -0.294 e. The van der Waals surface area contributed by atoms with Gasteiger partial charge in [-0.3, -0.25) is 4.79 Å². The van der Waals surface area contributed by atoms with Crippen LogP contribution in [0.25, 0.3) is 0 Å². The van der Waals surface area contributed by atoms with Gasteiger partial charge < -0.3 is 0 Å². The molecule has 0 heterocycles. The van der Waals surface area contributed by atoms with E-state index in [2.05, 4.69) is 0 Å². The minimum atomic E-state index is 0.0393. The number of carbonyl (C=O) groups excluding carboxylic acids is 1. The van der Waals surface area contributed by atoms with Gasteiger partial charge in [0.25, 0.3) is 0 Å². The highest BCUT2D eigenvalue weighted by atomic mass is 35.5. The maximum atomic E-state index is 12.1. The van der Waals surface area contributed by atoms with E-state index in [9.17, 15) is 4.79 Å². The number of rotatable bonds is 3. The second kappa shape index (κ2) is 5.55. The number of Topliss-reactive ketones (excluding diaryl/α,β-unsaturated/α-hetero) is 1. The molecule has 3 heteroatoms. The second-order valence-electron chi connectivity index (χ2n) is 4.20. The van der Waals surface area contributed by atoms with E-state index in [1.54, 1.807) is 24.3 Å². The zero-order chi connectivity index (χ0) is 13.1. The van der Waals surface area contributed by atoms with Crippen molar-refractivity contribution >= 4 is 29.0 Å². The Morgan fingerprint density at radius 2 is 1.72 bits per heavy atom. The number of benzene rings is 2. The smallest absolute Gasteiger partial charge is 0.167 e. The molecule has 0 aliphatic carbocycles. The van der Waals surface area contributed by atoms with E-state index >= 15 is 0 Å². The molecule has 0 N–H and O–H groups in total. The van der Waals surface area contributed by atoms with Crippen LogP contribution in [0.15, 0.2) is 42.5 Å². The van der Waals surface area contributed by atoms with Gasteiger partial charge in [-0.05, 0) is 48.4 Å². The maximum absolute atomic E-state index is 12.1. The van der Waals surface area contributed by atoms with Crippen LogP contribution in [0.4, 0.5) is 0 Å². The lowest BCUT2D eigenvalue weighted by molar-refractivity contribution is 0.0993. The number of hydrogen-bond acceptors (Lipinski definition) is 1. The van der Waals surface area contributed by atoms with E-state index in [1.165, 1.54) is 0 Å². The van der Waals surface area contributed by atoms with E-state index in [0.717, 1.165) is 11.1 Å². The fourth-order valence-corrected chi connectivity index (χ4v) is 2.13. The molecule has 0 unspecified atom stereocenters. The van der Waals surface area contributed by atoms with Gasteiger partial charge in [-0.25, -0.2) is 0 Å². The molecule has 2 aromatic rings. The lowest BCUT2D eigenvalue weighted by atomic mass is 10.0. The predicted molar refractivity (Wildman–Crippen MR) is 75.7 cm³/mol. The summed E-state index contributed by atoms with van der Waals surface area (Å²) in [4.78, 5) is 12.1. The summed E-state index contributed by atoms with van der Waals surface area (Å²) in [7, 11) is 0. The molecular formula is C15H12Cl2O. The van der Waals surface area contributed by atoms with Crippen LogP contribution in [0.1, 0.15) is 21.5 Å². The maximum Gasteiger partial charge on any atom is 0.167 e. The van der Waals surface area contributed by atoms with Crippen LogP contribution in [-0.2, 0) is 6.42 Å². The minimum absolute atomic E-state index is 0.0393. The fourth-order valence-electron chi connectivity index (χ4n) is 1.71. The molecule has 2 aromatic carbocycles. The normalized spacial score (nSPS) is 10.4. The summed E-state index contributed by atoms with van der Waals surface area (Å²) < 4.78 is 0. The summed E-state index contributed by atoms with van der Waals surface area (Å²) in [6, 6.07) is 12.6. The van der Waals surface area contributed by atoms with E-state index < -0.39 is 0 Å². The number of ketones is 1. The Morgan fingerprint density at radius 1 is 1.06 bits per heavy atom. The number of carbonyl (C=O) groups is 1. The van der Waals surface area contributed by atoms with Crippen molar-refractivity contribution in [3.05, 3.63) is 69.2 Å². The quantitative estimate of drug-likeness (QED) is 0.742. The average molecular weight is 279 g/mol. The molecule has 0 bridgehead atoms. The summed E-state index contributed by atoms with van der Waals surface area (Å²) >= 11 is 11.9. The zero-order valence-electron chi connectivity index (χ0n) is 9.91. The Labute approximate surface area is 116 Å². The van der Waals surface area contributed by atoms with Crippen molar-refractivity contribution in [1.29, 1.82) is 0 Å². The van der Waals surface area contributed by atoms with E-state index in [-0.39, 0.29) is 5.78 Å². The second-order valence-corrected chi connectivity index (χ2v) is 5.05. The van der Waals surface area contributed by atoms with Crippen LogP contribution in [0, 0.1) is 6.92 Å². The Hall–Kier alpha value is -1.31. The number of halogens is 2. The Bertz CT molecular complexity index is 574. The van der Waals surface area contributed by atoms with Crippen molar-refractivity contribution in [3.63, 3.8) is 0 Å². The highest BCUT2D eigenvalue weighted by molar-refractivity contribution is 6.31. The van der Waals surface area contributed by atoms with Crippen molar-refractivity contribution in [3.8, 4) is 0 Å². The molecule has 0 amide bonds. The van der Waals surface area contributed by atoms with Crippen molar-refractivity contribution in [2.24, 2.45) is 0 Å². The lowest BCUT2D eigenvalue weighted by Gasteiger charge is -2.05. The van der Waals surface area contributed by atoms with Crippen molar-refractivity contribution in [2.45, 2.75) is 13.3 Å². The third kappa shape index (κ3) is 3.12. The zero-order valence-corrected chi connectivity index (χ0v) is 11.4. The van der Waals surface area contributed by atoms with E-state index in [1.807, 2.05) is 25.1 Å². The van der Waals surface area contributed by atoms with Crippen molar-refractivity contribution < 1.29 is 4.79 Å². The summed E-state index contributed by atoms with van der Waals surface area (Å²) in [6.07, 6.45) is 0.306. The molecule has 0 aliphatic heterocycles. The van der Waals surface area contributed by atoms with Gasteiger partial charge in [-0.2, -0.15) is 0 Å². The van der Waals surface area contributed by atoms with Crippen LogP contribution in [0.5, 0.6) is 0 Å². The molecule has 0 saturated carbocycles. The molecule has 1 nitrogen and oxygen atoms in total. The standard InChI is InChI=1S/C15H12Cl2O/c1-10-2-3-12(14(17)8-10)9-15(18)11-4-6-13(16)7-5-11/h2-8H,9H2,1H3. The third-order valence-electron chi connectivity index (χ3n) is 2.73. The first kappa shape index (κ1) is 13.1. The van der Waals surface area contributed by atoms with Gasteiger partial charge in [-0.1, -0.05) is 35.3 Å². The molecule has 0 aliphatic rings. The largest absolute Gasteiger partial charge is 0.294 e. The van der Waals surface area contributed by atoms with Gasteiger partial charge in [0.2, 0.25) is 0 Å². The lowest BCUT2D eigenvalue weighted by Crippen LogP contribution is -2.03. The molecule has 0 spiro atoms. The molecule has 0 aromatic heterocycles. The van der Waals surface area contributed by atoms with Crippen LogP contribution >= 0.6 is 23.2 Å². The molecular weight excluding hydrogens is 267 g/mol. The van der Waals surface area contributed by atoms with Gasteiger partial charge in [0, 0.05) is 22.0 Å². The summed E-state index contributed by atoms with van der Waals surface area (Å²) in [5.41, 5.74) is 2.58. The fraction of sp³-hybridized carbons (Fsp3) is 0.133. The number of hydrogen-bond donors (Lipinski definition) is 0. The topological polar surface area (TPSA) is 17.1 Å². The van der Waals surface area contributed by atoms with Gasteiger partial charge in [0.15, 0.2) is 5.78 Å². The summed E-state index contributed by atoms with van der Waals surface area (Å²) in [6.45, 7) is 1.97. The molecule has 92 valence electrons. The van der Waals surface area contributed by atoms with Gasteiger partial charge >= 0.3 is 0 Å². The van der Waals surface area contributed by atoms with Crippen LogP contribution in [-0.4, -0.2) is 5.78 Å². The molecule has 0 atom stereocenters. The van der Waals surface area contributed by atoms with Gasteiger partial charge in [0.05, 0.1) is 0 Å². The van der Waals surface area contributed by atoms with Gasteiger partial charge in [0.1, 0.15) is 0 Å². The number of aryl methyl sites for hydroxylation is 1. The van der Waals surface area contributed by atoms with Gasteiger partial charge in [-0.15, -0.1) is 0 Å². The van der Waals surface area contributed by atoms with Crippen LogP contribution in [0.2, 0.25) is 10.0 Å². The first-order valence-corrected chi connectivity index (χ1v) is 6.35. The van der Waals surface area contributed by atoms with Crippen LogP contribution in [0.3, 0.4) is 0 Å². The summed E-state index contributed by atoms with van der Waals surface area (Å²) in [5, 5.41) is 1.26. The van der Waals surface area contributed by atoms with E-state index in [4.69, 9.17) is 23.2 Å².